The van der Waals surface area contributed by atoms with Crippen LogP contribution in [0.3, 0.4) is 0 Å². The van der Waals surface area contributed by atoms with Crippen LogP contribution in [0.1, 0.15) is 25.0 Å². The number of nitrogens with two attached hydrogens (primary N) is 3. The maximum atomic E-state index is 6.55. The van der Waals surface area contributed by atoms with Crippen LogP contribution in [0.2, 0.25) is 0 Å². The molecule has 2 aliphatic rings. The molecule has 1 aromatic heterocycles. The molecule has 0 saturated carbocycles. The summed E-state index contributed by atoms with van der Waals surface area (Å²) in [7, 11) is 1.72. The van der Waals surface area contributed by atoms with Crippen LogP contribution >= 0.6 is 0 Å². The van der Waals surface area contributed by atoms with Crippen LogP contribution in [0.25, 0.3) is 5.70 Å². The zero-order valence-corrected chi connectivity index (χ0v) is 19.5. The van der Waals surface area contributed by atoms with Crippen LogP contribution in [0, 0.1) is 12.8 Å². The molecule has 33 heavy (non-hydrogen) atoms. The van der Waals surface area contributed by atoms with E-state index in [0.717, 1.165) is 33.5 Å². The maximum absolute atomic E-state index is 6.55. The summed E-state index contributed by atoms with van der Waals surface area (Å²) in [4.78, 5) is 12.9. The maximum Gasteiger partial charge on any atom is 0.132 e. The molecule has 3 rings (SSSR count). The molecule has 1 atom stereocenters. The third kappa shape index (κ3) is 5.60. The van der Waals surface area contributed by atoms with Gasteiger partial charge in [0.25, 0.3) is 0 Å². The monoisotopic (exact) mass is 444 g/mol. The Bertz CT molecular complexity index is 1140. The van der Waals surface area contributed by atoms with Gasteiger partial charge in [-0.15, -0.1) is 0 Å². The first-order chi connectivity index (χ1) is 15.8. The summed E-state index contributed by atoms with van der Waals surface area (Å²) in [6, 6.07) is 1.93. The smallest absolute Gasteiger partial charge is 0.132 e. The Labute approximate surface area is 195 Å². The van der Waals surface area contributed by atoms with Gasteiger partial charge in [0, 0.05) is 54.3 Å². The van der Waals surface area contributed by atoms with E-state index in [1.165, 1.54) is 0 Å². The average molecular weight is 445 g/mol. The molecule has 8 nitrogen and oxygen atoms in total. The molecule has 0 fully saturated rings. The SMILES string of the molecule is CN=CC(C1=CNC2C=CC(=N/C(N)=C/C(=C\N)C(C)C)NC2=C1)=C(N)c1cnccc1C. The second-order valence-corrected chi connectivity index (χ2v) is 8.12. The molecule has 1 unspecified atom stereocenters. The normalized spacial score (nSPS) is 20.8. The van der Waals surface area contributed by atoms with Crippen LogP contribution in [-0.2, 0) is 0 Å². The average Bonchev–Trinajstić information content (AvgIpc) is 2.80. The molecular formula is C25H32N8. The quantitative estimate of drug-likeness (QED) is 0.337. The van der Waals surface area contributed by atoms with Crippen LogP contribution in [-0.4, -0.2) is 30.1 Å². The van der Waals surface area contributed by atoms with Crippen molar-refractivity contribution in [1.82, 2.24) is 15.6 Å². The van der Waals surface area contributed by atoms with E-state index in [1.54, 1.807) is 37.9 Å². The fourth-order valence-corrected chi connectivity index (χ4v) is 3.51. The Hall–Kier alpha value is -4.07. The molecular weight excluding hydrogens is 412 g/mol. The lowest BCUT2D eigenvalue weighted by Gasteiger charge is -2.28. The number of aryl methyl sites for hydroxylation is 1. The number of fused-ring (bicyclic) bond motifs is 1. The predicted octanol–water partition coefficient (Wildman–Crippen LogP) is 2.36. The van der Waals surface area contributed by atoms with E-state index in [9.17, 15) is 0 Å². The van der Waals surface area contributed by atoms with E-state index < -0.39 is 0 Å². The lowest BCUT2D eigenvalue weighted by atomic mass is 9.95. The fraction of sp³-hybridized carbons (Fsp3) is 0.240. The van der Waals surface area contributed by atoms with Crippen LogP contribution in [0.5, 0.6) is 0 Å². The number of pyridine rings is 1. The molecule has 172 valence electrons. The highest BCUT2D eigenvalue weighted by Gasteiger charge is 2.22. The Morgan fingerprint density at radius 1 is 1.27 bits per heavy atom. The summed E-state index contributed by atoms with van der Waals surface area (Å²) >= 11 is 0. The number of aliphatic imine (C=N–C) groups is 2. The number of nitrogens with one attached hydrogen (secondary N) is 2. The number of dihydropyridines is 1. The van der Waals surface area contributed by atoms with Crippen molar-refractivity contribution < 1.29 is 0 Å². The second-order valence-electron chi connectivity index (χ2n) is 8.12. The summed E-state index contributed by atoms with van der Waals surface area (Å²) in [5.41, 5.74) is 24.5. The molecule has 8 heteroatoms. The number of amidine groups is 1. The lowest BCUT2D eigenvalue weighted by molar-refractivity contribution is 0.731. The van der Waals surface area contributed by atoms with Gasteiger partial charge in [-0.25, -0.2) is 4.99 Å². The number of hydrogen-bond acceptors (Lipinski definition) is 7. The van der Waals surface area contributed by atoms with Crippen LogP contribution in [0.15, 0.2) is 93.4 Å². The first kappa shape index (κ1) is 23.6. The van der Waals surface area contributed by atoms with Gasteiger partial charge in [-0.2, -0.15) is 0 Å². The van der Waals surface area contributed by atoms with E-state index in [-0.39, 0.29) is 12.0 Å². The fourth-order valence-electron chi connectivity index (χ4n) is 3.51. The van der Waals surface area contributed by atoms with Crippen molar-refractivity contribution in [3.8, 4) is 0 Å². The summed E-state index contributed by atoms with van der Waals surface area (Å²) in [5.74, 6) is 1.27. The molecule has 0 aliphatic carbocycles. The molecule has 2 aliphatic heterocycles. The minimum atomic E-state index is -0.00534. The number of aromatic nitrogens is 1. The molecule has 0 radical (unpaired) electrons. The highest BCUT2D eigenvalue weighted by atomic mass is 15.1. The first-order valence-corrected chi connectivity index (χ1v) is 10.8. The summed E-state index contributed by atoms with van der Waals surface area (Å²) in [6.45, 7) is 6.11. The van der Waals surface area contributed by atoms with Crippen molar-refractivity contribution >= 4 is 17.7 Å². The van der Waals surface area contributed by atoms with Gasteiger partial charge in [0.2, 0.25) is 0 Å². The predicted molar refractivity (Wildman–Crippen MR) is 137 cm³/mol. The zero-order valence-electron chi connectivity index (χ0n) is 19.5. The number of allylic oxidation sites excluding steroid dienone is 5. The highest BCUT2D eigenvalue weighted by molar-refractivity contribution is 5.98. The van der Waals surface area contributed by atoms with E-state index in [2.05, 4.69) is 39.4 Å². The van der Waals surface area contributed by atoms with E-state index in [0.29, 0.717) is 17.4 Å². The number of nitrogens with zero attached hydrogens (tertiary/aromatic N) is 3. The topological polar surface area (TPSA) is 140 Å². The Morgan fingerprint density at radius 3 is 2.73 bits per heavy atom. The Balaban J connectivity index is 1.93. The van der Waals surface area contributed by atoms with Crippen molar-refractivity contribution in [1.29, 1.82) is 0 Å². The minimum Gasteiger partial charge on any atom is -0.404 e. The molecule has 0 bridgehead atoms. The van der Waals surface area contributed by atoms with Crippen LogP contribution in [0.4, 0.5) is 0 Å². The van der Waals surface area contributed by atoms with Gasteiger partial charge < -0.3 is 27.8 Å². The van der Waals surface area contributed by atoms with Gasteiger partial charge >= 0.3 is 0 Å². The van der Waals surface area contributed by atoms with Crippen molar-refractivity contribution in [2.45, 2.75) is 26.8 Å². The van der Waals surface area contributed by atoms with E-state index >= 15 is 0 Å². The number of rotatable bonds is 6. The highest BCUT2D eigenvalue weighted by Crippen LogP contribution is 2.25. The molecule has 0 saturated heterocycles. The molecule has 3 heterocycles. The first-order valence-electron chi connectivity index (χ1n) is 10.8. The van der Waals surface area contributed by atoms with Crippen LogP contribution < -0.4 is 27.8 Å². The zero-order chi connectivity index (χ0) is 24.0. The second kappa shape index (κ2) is 10.5. The van der Waals surface area contributed by atoms with Gasteiger partial charge in [-0.1, -0.05) is 19.9 Å². The molecule has 8 N–H and O–H groups in total. The Morgan fingerprint density at radius 2 is 2.06 bits per heavy atom. The van der Waals surface area contributed by atoms with Crippen molar-refractivity contribution in [2.75, 3.05) is 7.05 Å². The van der Waals surface area contributed by atoms with Gasteiger partial charge in [0.05, 0.1) is 11.7 Å². The van der Waals surface area contributed by atoms with Crippen molar-refractivity contribution in [3.63, 3.8) is 0 Å². The largest absolute Gasteiger partial charge is 0.404 e. The van der Waals surface area contributed by atoms with Crippen molar-refractivity contribution in [3.05, 3.63) is 94.5 Å². The van der Waals surface area contributed by atoms with Gasteiger partial charge in [-0.05, 0) is 54.5 Å². The van der Waals surface area contributed by atoms with Gasteiger partial charge in [0.15, 0.2) is 0 Å². The van der Waals surface area contributed by atoms with Gasteiger partial charge in [-0.3, -0.25) is 9.98 Å². The molecule has 1 aromatic rings. The number of hydrogen-bond donors (Lipinski definition) is 5. The standard InChI is InChI=1S/C25H32N8/c1-15(2)17(11-26)10-23(27)33-24-6-5-21-22(32-24)9-18(12-31-21)20(13-29-4)25(28)19-14-30-8-7-16(19)3/h5-15,21,31H,26-28H2,1-4H3,(H,32,33)/b17-11+,23-10+,25-20?,29-13?. The third-order valence-electron chi connectivity index (χ3n) is 5.40. The summed E-state index contributed by atoms with van der Waals surface area (Å²) in [5, 5.41) is 6.74. The van der Waals surface area contributed by atoms with E-state index in [4.69, 9.17) is 17.2 Å². The lowest BCUT2D eigenvalue weighted by Crippen LogP contribution is -2.40. The minimum absolute atomic E-state index is 0.00534. The Kier molecular flexibility index (Phi) is 7.50. The van der Waals surface area contributed by atoms with Gasteiger partial charge in [0.1, 0.15) is 11.7 Å². The molecule has 0 aromatic carbocycles. The molecule has 0 spiro atoms. The summed E-state index contributed by atoms with van der Waals surface area (Å²) in [6.07, 6.45) is 16.5. The van der Waals surface area contributed by atoms with Crippen molar-refractivity contribution in [2.24, 2.45) is 33.1 Å². The summed E-state index contributed by atoms with van der Waals surface area (Å²) < 4.78 is 0. The van der Waals surface area contributed by atoms with E-state index in [1.807, 2.05) is 37.4 Å². The third-order valence-corrected chi connectivity index (χ3v) is 5.40. The molecule has 0 amide bonds.